The standard InChI is InChI=1S/C14H15FN2O4/c15-10-2-4-11(5-3-10)16-12(18)8-17-7-9(14(20)21)1-6-13(17)19/h2-5,9H,1,6-8H2,(H,16,18)(H,20,21). The predicted molar refractivity (Wildman–Crippen MR) is 72.0 cm³/mol. The van der Waals surface area contributed by atoms with Gasteiger partial charge in [-0.2, -0.15) is 0 Å². The molecule has 112 valence electrons. The average Bonchev–Trinajstić information content (AvgIpc) is 2.43. The van der Waals surface area contributed by atoms with Gasteiger partial charge in [-0.25, -0.2) is 4.39 Å². The maximum absolute atomic E-state index is 12.7. The number of rotatable bonds is 4. The van der Waals surface area contributed by atoms with Crippen LogP contribution in [0.2, 0.25) is 0 Å². The van der Waals surface area contributed by atoms with Crippen LogP contribution in [-0.4, -0.2) is 40.9 Å². The molecule has 1 heterocycles. The van der Waals surface area contributed by atoms with E-state index in [1.54, 1.807) is 0 Å². The number of nitrogens with zero attached hydrogens (tertiary/aromatic N) is 1. The molecule has 2 amide bonds. The van der Waals surface area contributed by atoms with Crippen molar-refractivity contribution in [2.75, 3.05) is 18.4 Å². The van der Waals surface area contributed by atoms with Crippen molar-refractivity contribution in [3.05, 3.63) is 30.1 Å². The first-order valence-electron chi connectivity index (χ1n) is 6.51. The summed E-state index contributed by atoms with van der Waals surface area (Å²) in [5.74, 6) is -2.70. The molecule has 1 fully saturated rings. The van der Waals surface area contributed by atoms with Crippen molar-refractivity contribution in [1.82, 2.24) is 4.90 Å². The number of halogens is 1. The summed E-state index contributed by atoms with van der Waals surface area (Å²) in [5.41, 5.74) is 0.417. The maximum atomic E-state index is 12.7. The van der Waals surface area contributed by atoms with E-state index in [1.807, 2.05) is 0 Å². The molecule has 1 aliphatic heterocycles. The monoisotopic (exact) mass is 294 g/mol. The predicted octanol–water partition coefficient (Wildman–Crippen LogP) is 1.09. The number of benzene rings is 1. The van der Waals surface area contributed by atoms with Crippen molar-refractivity contribution >= 4 is 23.5 Å². The van der Waals surface area contributed by atoms with E-state index in [-0.39, 0.29) is 25.4 Å². The Labute approximate surface area is 120 Å². The van der Waals surface area contributed by atoms with Crippen molar-refractivity contribution in [2.45, 2.75) is 12.8 Å². The number of anilines is 1. The number of aliphatic carboxylic acids is 1. The number of likely N-dealkylation sites (tertiary alicyclic amines) is 1. The molecule has 0 saturated carbocycles. The van der Waals surface area contributed by atoms with Gasteiger partial charge >= 0.3 is 5.97 Å². The van der Waals surface area contributed by atoms with Crippen LogP contribution in [0.15, 0.2) is 24.3 Å². The lowest BCUT2D eigenvalue weighted by molar-refractivity contribution is -0.148. The molecule has 0 bridgehead atoms. The summed E-state index contributed by atoms with van der Waals surface area (Å²) in [6.45, 7) is -0.176. The first-order valence-corrected chi connectivity index (χ1v) is 6.51. The normalized spacial score (nSPS) is 18.4. The molecule has 6 nitrogen and oxygen atoms in total. The summed E-state index contributed by atoms with van der Waals surface area (Å²) >= 11 is 0. The molecule has 0 radical (unpaired) electrons. The molecule has 1 saturated heterocycles. The highest BCUT2D eigenvalue weighted by atomic mass is 19.1. The van der Waals surface area contributed by atoms with E-state index in [9.17, 15) is 18.8 Å². The summed E-state index contributed by atoms with van der Waals surface area (Å²) in [7, 11) is 0. The third-order valence-electron chi connectivity index (χ3n) is 3.31. The lowest BCUT2D eigenvalue weighted by Crippen LogP contribution is -2.46. The Hall–Kier alpha value is -2.44. The van der Waals surface area contributed by atoms with E-state index in [4.69, 9.17) is 5.11 Å². The van der Waals surface area contributed by atoms with Gasteiger partial charge in [-0.1, -0.05) is 0 Å². The summed E-state index contributed by atoms with van der Waals surface area (Å²) in [4.78, 5) is 35.7. The highest BCUT2D eigenvalue weighted by Crippen LogP contribution is 2.18. The number of carbonyl (C=O) groups excluding carboxylic acids is 2. The average molecular weight is 294 g/mol. The Morgan fingerprint density at radius 1 is 1.33 bits per heavy atom. The largest absolute Gasteiger partial charge is 0.481 e. The Bertz CT molecular complexity index is 559. The zero-order valence-electron chi connectivity index (χ0n) is 11.2. The number of amides is 2. The minimum absolute atomic E-state index is 0.0327. The van der Waals surface area contributed by atoms with Crippen LogP contribution < -0.4 is 5.32 Å². The van der Waals surface area contributed by atoms with Crippen LogP contribution >= 0.6 is 0 Å². The number of carbonyl (C=O) groups is 3. The highest BCUT2D eigenvalue weighted by molar-refractivity contribution is 5.94. The third-order valence-corrected chi connectivity index (χ3v) is 3.31. The lowest BCUT2D eigenvalue weighted by Gasteiger charge is -2.30. The van der Waals surface area contributed by atoms with E-state index in [0.717, 1.165) is 0 Å². The quantitative estimate of drug-likeness (QED) is 0.870. The Morgan fingerprint density at radius 3 is 2.62 bits per heavy atom. The van der Waals surface area contributed by atoms with Crippen molar-refractivity contribution < 1.29 is 23.9 Å². The van der Waals surface area contributed by atoms with Crippen LogP contribution in [0.4, 0.5) is 10.1 Å². The third kappa shape index (κ3) is 4.01. The maximum Gasteiger partial charge on any atom is 0.308 e. The van der Waals surface area contributed by atoms with Crippen LogP contribution in [-0.2, 0) is 14.4 Å². The summed E-state index contributed by atoms with van der Waals surface area (Å²) < 4.78 is 12.7. The van der Waals surface area contributed by atoms with Gasteiger partial charge in [-0.3, -0.25) is 14.4 Å². The van der Waals surface area contributed by atoms with Gasteiger partial charge < -0.3 is 15.3 Å². The van der Waals surface area contributed by atoms with Gasteiger partial charge in [0.15, 0.2) is 0 Å². The van der Waals surface area contributed by atoms with Crippen LogP contribution in [0, 0.1) is 11.7 Å². The first kappa shape index (κ1) is 15.0. The highest BCUT2D eigenvalue weighted by Gasteiger charge is 2.30. The number of hydrogen-bond donors (Lipinski definition) is 2. The Morgan fingerprint density at radius 2 is 2.00 bits per heavy atom. The van der Waals surface area contributed by atoms with Gasteiger partial charge in [0.25, 0.3) is 0 Å². The molecule has 1 aromatic carbocycles. The van der Waals surface area contributed by atoms with Crippen molar-refractivity contribution in [3.8, 4) is 0 Å². The van der Waals surface area contributed by atoms with Gasteiger partial charge in [0.2, 0.25) is 11.8 Å². The minimum atomic E-state index is -0.966. The molecule has 1 unspecified atom stereocenters. The number of carboxylic acids is 1. The molecular formula is C14H15FN2O4. The van der Waals surface area contributed by atoms with E-state index < -0.39 is 23.6 Å². The minimum Gasteiger partial charge on any atom is -0.481 e. The van der Waals surface area contributed by atoms with Crippen LogP contribution in [0.3, 0.4) is 0 Å². The van der Waals surface area contributed by atoms with Gasteiger partial charge in [-0.05, 0) is 30.7 Å². The summed E-state index contributed by atoms with van der Waals surface area (Å²) in [6.07, 6.45) is 0.422. The molecule has 0 spiro atoms. The van der Waals surface area contributed by atoms with Crippen LogP contribution in [0.25, 0.3) is 0 Å². The fourth-order valence-electron chi connectivity index (χ4n) is 2.18. The zero-order chi connectivity index (χ0) is 15.4. The molecule has 21 heavy (non-hydrogen) atoms. The first-order chi connectivity index (χ1) is 9.95. The smallest absolute Gasteiger partial charge is 0.308 e. The second kappa shape index (κ2) is 6.34. The fraction of sp³-hybridized carbons (Fsp3) is 0.357. The molecular weight excluding hydrogens is 279 g/mol. The van der Waals surface area contributed by atoms with Crippen molar-refractivity contribution in [2.24, 2.45) is 5.92 Å². The second-order valence-corrected chi connectivity index (χ2v) is 4.90. The fourth-order valence-corrected chi connectivity index (χ4v) is 2.18. The molecule has 2 N–H and O–H groups in total. The number of hydrogen-bond acceptors (Lipinski definition) is 3. The molecule has 1 aromatic rings. The molecule has 2 rings (SSSR count). The number of piperidine rings is 1. The van der Waals surface area contributed by atoms with E-state index in [2.05, 4.69) is 5.32 Å². The Balaban J connectivity index is 1.93. The molecule has 0 aromatic heterocycles. The molecule has 1 aliphatic rings. The second-order valence-electron chi connectivity index (χ2n) is 4.90. The van der Waals surface area contributed by atoms with Gasteiger partial charge in [0.1, 0.15) is 5.82 Å². The zero-order valence-corrected chi connectivity index (χ0v) is 11.2. The van der Waals surface area contributed by atoms with Crippen molar-refractivity contribution in [3.63, 3.8) is 0 Å². The van der Waals surface area contributed by atoms with Gasteiger partial charge in [0.05, 0.1) is 12.5 Å². The van der Waals surface area contributed by atoms with E-state index in [1.165, 1.54) is 29.2 Å². The summed E-state index contributed by atoms with van der Waals surface area (Å²) in [6, 6.07) is 5.24. The van der Waals surface area contributed by atoms with E-state index >= 15 is 0 Å². The van der Waals surface area contributed by atoms with E-state index in [0.29, 0.717) is 12.1 Å². The topological polar surface area (TPSA) is 86.7 Å². The molecule has 1 atom stereocenters. The summed E-state index contributed by atoms with van der Waals surface area (Å²) in [5, 5.41) is 11.5. The Kier molecular flexibility index (Phi) is 4.52. The van der Waals surface area contributed by atoms with Gasteiger partial charge in [-0.15, -0.1) is 0 Å². The molecule has 7 heteroatoms. The number of carboxylic acid groups (broad SMARTS) is 1. The van der Waals surface area contributed by atoms with Gasteiger partial charge in [0, 0.05) is 18.7 Å². The van der Waals surface area contributed by atoms with Crippen molar-refractivity contribution in [1.29, 1.82) is 0 Å². The lowest BCUT2D eigenvalue weighted by atomic mass is 9.98. The molecule has 0 aliphatic carbocycles. The number of nitrogens with one attached hydrogen (secondary N) is 1. The SMILES string of the molecule is O=C(CN1CC(C(=O)O)CCC1=O)Nc1ccc(F)cc1. The van der Waals surface area contributed by atoms with Crippen LogP contribution in [0.5, 0.6) is 0 Å². The van der Waals surface area contributed by atoms with Crippen LogP contribution in [0.1, 0.15) is 12.8 Å².